The second-order valence-electron chi connectivity index (χ2n) is 4.49. The molecule has 0 saturated heterocycles. The Morgan fingerprint density at radius 2 is 1.80 bits per heavy atom. The number of halogens is 1. The first-order valence-electron chi connectivity index (χ1n) is 6.27. The van der Waals surface area contributed by atoms with Crippen LogP contribution in [0.2, 0.25) is 0 Å². The Morgan fingerprint density at radius 1 is 1.05 bits per heavy atom. The lowest BCUT2D eigenvalue weighted by Gasteiger charge is -2.01. The van der Waals surface area contributed by atoms with E-state index in [-0.39, 0.29) is 0 Å². The Bertz CT molecular complexity index is 801. The highest BCUT2D eigenvalue weighted by Gasteiger charge is 2.08. The van der Waals surface area contributed by atoms with Crippen molar-refractivity contribution in [2.24, 2.45) is 0 Å². The van der Waals surface area contributed by atoms with Crippen molar-refractivity contribution in [1.82, 2.24) is 4.98 Å². The zero-order chi connectivity index (χ0) is 13.9. The van der Waals surface area contributed by atoms with Gasteiger partial charge >= 0.3 is 0 Å². The number of para-hydroxylation sites is 1. The average Bonchev–Trinajstić information content (AvgIpc) is 2.90. The summed E-state index contributed by atoms with van der Waals surface area (Å²) in [7, 11) is 0. The SMILES string of the molecule is O=C/C(=C/c1ccccc1Br)c1c[nH]c2ccccc12. The molecule has 0 amide bonds. The molecule has 3 aromatic rings. The molecule has 0 radical (unpaired) electrons. The molecule has 1 N–H and O–H groups in total. The van der Waals surface area contributed by atoms with Gasteiger partial charge in [0.25, 0.3) is 0 Å². The molecule has 20 heavy (non-hydrogen) atoms. The highest BCUT2D eigenvalue weighted by atomic mass is 79.9. The average molecular weight is 326 g/mol. The van der Waals surface area contributed by atoms with Gasteiger partial charge in [-0.15, -0.1) is 0 Å². The van der Waals surface area contributed by atoms with Crippen molar-refractivity contribution in [3.63, 3.8) is 0 Å². The maximum absolute atomic E-state index is 11.5. The van der Waals surface area contributed by atoms with Gasteiger partial charge in [-0.2, -0.15) is 0 Å². The second kappa shape index (κ2) is 5.47. The number of fused-ring (bicyclic) bond motifs is 1. The van der Waals surface area contributed by atoms with Crippen LogP contribution in [0, 0.1) is 0 Å². The zero-order valence-electron chi connectivity index (χ0n) is 10.6. The van der Waals surface area contributed by atoms with Crippen LogP contribution in [-0.4, -0.2) is 11.3 Å². The van der Waals surface area contributed by atoms with Crippen molar-refractivity contribution in [3.05, 3.63) is 70.3 Å². The summed E-state index contributed by atoms with van der Waals surface area (Å²) < 4.78 is 0.971. The van der Waals surface area contributed by atoms with Gasteiger partial charge in [-0.25, -0.2) is 0 Å². The van der Waals surface area contributed by atoms with Gasteiger partial charge in [0.1, 0.15) is 0 Å². The molecule has 98 valence electrons. The van der Waals surface area contributed by atoms with Crippen molar-refractivity contribution in [2.75, 3.05) is 0 Å². The van der Waals surface area contributed by atoms with Crippen molar-refractivity contribution >= 4 is 44.8 Å². The summed E-state index contributed by atoms with van der Waals surface area (Å²) in [6.45, 7) is 0. The highest BCUT2D eigenvalue weighted by Crippen LogP contribution is 2.27. The second-order valence-corrected chi connectivity index (χ2v) is 5.34. The number of hydrogen-bond donors (Lipinski definition) is 1. The fourth-order valence-corrected chi connectivity index (χ4v) is 2.64. The highest BCUT2D eigenvalue weighted by molar-refractivity contribution is 9.10. The van der Waals surface area contributed by atoms with Gasteiger partial charge in [0.15, 0.2) is 6.29 Å². The van der Waals surface area contributed by atoms with E-state index in [1.807, 2.05) is 60.8 Å². The lowest BCUT2D eigenvalue weighted by molar-refractivity contribution is -0.103. The number of hydrogen-bond acceptors (Lipinski definition) is 1. The molecule has 2 nitrogen and oxygen atoms in total. The van der Waals surface area contributed by atoms with E-state index in [0.29, 0.717) is 5.57 Å². The van der Waals surface area contributed by atoms with E-state index >= 15 is 0 Å². The lowest BCUT2D eigenvalue weighted by atomic mass is 10.0. The van der Waals surface area contributed by atoms with E-state index in [9.17, 15) is 4.79 Å². The van der Waals surface area contributed by atoms with Gasteiger partial charge in [0.05, 0.1) is 0 Å². The summed E-state index contributed by atoms with van der Waals surface area (Å²) in [4.78, 5) is 14.7. The quantitative estimate of drug-likeness (QED) is 0.551. The van der Waals surface area contributed by atoms with Crippen LogP contribution in [0.3, 0.4) is 0 Å². The molecule has 0 fully saturated rings. The standard InChI is InChI=1S/C17H12BrNO/c18-16-7-3-1-5-12(16)9-13(11-20)15-10-19-17-8-4-2-6-14(15)17/h1-11,19H/b13-9-. The topological polar surface area (TPSA) is 32.9 Å². The van der Waals surface area contributed by atoms with Crippen molar-refractivity contribution < 1.29 is 4.79 Å². The minimum Gasteiger partial charge on any atom is -0.361 e. The number of carbonyl (C=O) groups excluding carboxylic acids is 1. The molecule has 0 bridgehead atoms. The van der Waals surface area contributed by atoms with E-state index in [1.165, 1.54) is 0 Å². The maximum Gasteiger partial charge on any atom is 0.150 e. The predicted molar refractivity (Wildman–Crippen MR) is 86.4 cm³/mol. The third kappa shape index (κ3) is 2.32. The van der Waals surface area contributed by atoms with Gasteiger partial charge in [0, 0.05) is 32.7 Å². The van der Waals surface area contributed by atoms with E-state index in [4.69, 9.17) is 0 Å². The van der Waals surface area contributed by atoms with Gasteiger partial charge in [0.2, 0.25) is 0 Å². The molecule has 1 heterocycles. The normalized spacial score (nSPS) is 11.8. The number of aromatic amines is 1. The van der Waals surface area contributed by atoms with Crippen LogP contribution in [0.1, 0.15) is 11.1 Å². The zero-order valence-corrected chi connectivity index (χ0v) is 12.2. The Labute approximate surface area is 125 Å². The van der Waals surface area contributed by atoms with Gasteiger partial charge in [-0.3, -0.25) is 4.79 Å². The smallest absolute Gasteiger partial charge is 0.150 e. The fourth-order valence-electron chi connectivity index (χ4n) is 2.25. The van der Waals surface area contributed by atoms with Crippen LogP contribution >= 0.6 is 15.9 Å². The van der Waals surface area contributed by atoms with E-state index in [1.54, 1.807) is 0 Å². The molecule has 3 heteroatoms. The van der Waals surface area contributed by atoms with E-state index in [2.05, 4.69) is 20.9 Å². The van der Waals surface area contributed by atoms with Crippen molar-refractivity contribution in [3.8, 4) is 0 Å². The third-order valence-corrected chi connectivity index (χ3v) is 3.97. The summed E-state index contributed by atoms with van der Waals surface area (Å²) in [5, 5.41) is 1.05. The number of nitrogens with one attached hydrogen (secondary N) is 1. The molecule has 0 unspecified atom stereocenters. The predicted octanol–water partition coefficient (Wildman–Crippen LogP) is 4.67. The number of benzene rings is 2. The Hall–Kier alpha value is -2.13. The van der Waals surface area contributed by atoms with Crippen LogP contribution in [0.15, 0.2) is 59.2 Å². The summed E-state index contributed by atoms with van der Waals surface area (Å²) in [5.74, 6) is 0. The number of H-pyrrole nitrogens is 1. The lowest BCUT2D eigenvalue weighted by Crippen LogP contribution is -1.85. The number of allylic oxidation sites excluding steroid dienone is 1. The first kappa shape index (κ1) is 12.9. The number of rotatable bonds is 3. The molecule has 0 spiro atoms. The summed E-state index contributed by atoms with van der Waals surface area (Å²) in [6.07, 6.45) is 4.67. The minimum atomic E-state index is 0.661. The Balaban J connectivity index is 2.15. The molecule has 0 aliphatic heterocycles. The fraction of sp³-hybridized carbons (Fsp3) is 0. The van der Waals surface area contributed by atoms with Gasteiger partial charge in [-0.05, 0) is 23.8 Å². The minimum absolute atomic E-state index is 0.661. The molecular formula is C17H12BrNO. The first-order chi connectivity index (χ1) is 9.79. The molecule has 0 atom stereocenters. The molecule has 1 aromatic heterocycles. The maximum atomic E-state index is 11.5. The van der Waals surface area contributed by atoms with Crippen LogP contribution in [-0.2, 0) is 4.79 Å². The molecule has 0 aliphatic rings. The first-order valence-corrected chi connectivity index (χ1v) is 7.07. The molecule has 0 aliphatic carbocycles. The van der Waals surface area contributed by atoms with Crippen molar-refractivity contribution in [1.29, 1.82) is 0 Å². The number of carbonyl (C=O) groups is 1. The van der Waals surface area contributed by atoms with E-state index in [0.717, 1.165) is 32.8 Å². The summed E-state index contributed by atoms with van der Waals surface area (Å²) in [5.41, 5.74) is 3.60. The molecule has 2 aromatic carbocycles. The van der Waals surface area contributed by atoms with Crippen molar-refractivity contribution in [2.45, 2.75) is 0 Å². The largest absolute Gasteiger partial charge is 0.361 e. The third-order valence-electron chi connectivity index (χ3n) is 3.24. The number of aldehydes is 1. The van der Waals surface area contributed by atoms with Crippen LogP contribution < -0.4 is 0 Å². The van der Waals surface area contributed by atoms with Gasteiger partial charge in [-0.1, -0.05) is 52.3 Å². The summed E-state index contributed by atoms with van der Waals surface area (Å²) in [6, 6.07) is 15.8. The van der Waals surface area contributed by atoms with Crippen LogP contribution in [0.5, 0.6) is 0 Å². The molecular weight excluding hydrogens is 314 g/mol. The Kier molecular flexibility index (Phi) is 3.52. The van der Waals surface area contributed by atoms with E-state index < -0.39 is 0 Å². The van der Waals surface area contributed by atoms with Gasteiger partial charge < -0.3 is 4.98 Å². The summed E-state index contributed by atoms with van der Waals surface area (Å²) >= 11 is 3.50. The monoisotopic (exact) mass is 325 g/mol. The Morgan fingerprint density at radius 3 is 2.60 bits per heavy atom. The molecule has 3 rings (SSSR count). The van der Waals surface area contributed by atoms with Crippen LogP contribution in [0.25, 0.3) is 22.6 Å². The number of aromatic nitrogens is 1. The van der Waals surface area contributed by atoms with Crippen LogP contribution in [0.4, 0.5) is 0 Å². The molecule has 0 saturated carbocycles.